The van der Waals surface area contributed by atoms with Crippen LogP contribution in [-0.2, 0) is 4.79 Å². The van der Waals surface area contributed by atoms with Gasteiger partial charge in [-0.3, -0.25) is 4.79 Å². The third-order valence-corrected chi connectivity index (χ3v) is 2.35. The maximum absolute atomic E-state index is 11.1. The van der Waals surface area contributed by atoms with Crippen molar-refractivity contribution in [1.82, 2.24) is 0 Å². The summed E-state index contributed by atoms with van der Waals surface area (Å²) in [7, 11) is 0. The van der Waals surface area contributed by atoms with Gasteiger partial charge in [0.25, 0.3) is 0 Å². The number of nitrogens with one attached hydrogen (secondary N) is 1. The molecule has 0 aliphatic heterocycles. The molecule has 0 saturated carbocycles. The normalized spacial score (nSPS) is 10.9. The topological polar surface area (TPSA) is 118 Å². The number of carbonyl (C=O) groups excluding carboxylic acids is 1. The number of rotatable bonds is 4. The minimum Gasteiger partial charge on any atom is -0.478 e. The minimum atomic E-state index is -1.09. The van der Waals surface area contributed by atoms with Gasteiger partial charge in [-0.2, -0.15) is 0 Å². The molecule has 6 nitrogen and oxygen atoms in total. The lowest BCUT2D eigenvalue weighted by Crippen LogP contribution is -2.45. The molecule has 0 fully saturated rings. The average molecular weight is 237 g/mol. The molecule has 0 saturated heterocycles. The van der Waals surface area contributed by atoms with E-state index in [1.54, 1.807) is 13.8 Å². The van der Waals surface area contributed by atoms with Gasteiger partial charge >= 0.3 is 5.97 Å². The van der Waals surface area contributed by atoms with Crippen molar-refractivity contribution in [3.05, 3.63) is 23.8 Å². The number of carboxylic acid groups (broad SMARTS) is 1. The zero-order valence-electron chi connectivity index (χ0n) is 9.65. The molecule has 0 radical (unpaired) electrons. The number of aromatic carboxylic acids is 1. The SMILES string of the molecule is CC(C)(Nc1ccc(C(=O)O)c(N)c1)C(N)=O. The minimum absolute atomic E-state index is 0.0208. The smallest absolute Gasteiger partial charge is 0.337 e. The van der Waals surface area contributed by atoms with E-state index in [4.69, 9.17) is 16.6 Å². The largest absolute Gasteiger partial charge is 0.478 e. The van der Waals surface area contributed by atoms with Crippen LogP contribution in [0.5, 0.6) is 0 Å². The van der Waals surface area contributed by atoms with Gasteiger partial charge in [0.1, 0.15) is 5.54 Å². The molecule has 0 unspecified atom stereocenters. The first-order valence-corrected chi connectivity index (χ1v) is 4.95. The van der Waals surface area contributed by atoms with E-state index in [2.05, 4.69) is 5.32 Å². The van der Waals surface area contributed by atoms with E-state index in [0.717, 1.165) is 0 Å². The van der Waals surface area contributed by atoms with Gasteiger partial charge in [-0.15, -0.1) is 0 Å². The first-order chi connectivity index (χ1) is 7.74. The quantitative estimate of drug-likeness (QED) is 0.573. The van der Waals surface area contributed by atoms with Crippen LogP contribution < -0.4 is 16.8 Å². The molecule has 0 aliphatic carbocycles. The highest BCUT2D eigenvalue weighted by atomic mass is 16.4. The van der Waals surface area contributed by atoms with E-state index in [1.165, 1.54) is 18.2 Å². The molecule has 0 aliphatic rings. The highest BCUT2D eigenvalue weighted by molar-refractivity contribution is 5.94. The van der Waals surface area contributed by atoms with Crippen LogP contribution >= 0.6 is 0 Å². The fourth-order valence-electron chi connectivity index (χ4n) is 1.26. The summed E-state index contributed by atoms with van der Waals surface area (Å²) in [4.78, 5) is 21.9. The molecule has 6 N–H and O–H groups in total. The lowest BCUT2D eigenvalue weighted by Gasteiger charge is -2.23. The summed E-state index contributed by atoms with van der Waals surface area (Å²) in [5.41, 5.74) is 10.5. The Kier molecular flexibility index (Phi) is 3.26. The molecule has 1 rings (SSSR count). The van der Waals surface area contributed by atoms with Gasteiger partial charge in [0, 0.05) is 11.4 Å². The van der Waals surface area contributed by atoms with Crippen molar-refractivity contribution >= 4 is 23.3 Å². The second kappa shape index (κ2) is 4.32. The van der Waals surface area contributed by atoms with Crippen LogP contribution in [0.15, 0.2) is 18.2 Å². The monoisotopic (exact) mass is 237 g/mol. The first kappa shape index (κ1) is 12.8. The van der Waals surface area contributed by atoms with Gasteiger partial charge in [0.2, 0.25) is 5.91 Å². The maximum Gasteiger partial charge on any atom is 0.337 e. The van der Waals surface area contributed by atoms with Gasteiger partial charge in [0.05, 0.1) is 5.56 Å². The van der Waals surface area contributed by atoms with Crippen molar-refractivity contribution in [2.45, 2.75) is 19.4 Å². The summed E-state index contributed by atoms with van der Waals surface area (Å²) in [6.45, 7) is 3.24. The molecule has 1 aromatic rings. The Hall–Kier alpha value is -2.24. The molecule has 1 aromatic carbocycles. The summed E-state index contributed by atoms with van der Waals surface area (Å²) in [5.74, 6) is -1.61. The van der Waals surface area contributed by atoms with Crippen LogP contribution in [0.3, 0.4) is 0 Å². The molecule has 0 heterocycles. The lowest BCUT2D eigenvalue weighted by molar-refractivity contribution is -0.121. The Morgan fingerprint density at radius 1 is 1.35 bits per heavy atom. The van der Waals surface area contributed by atoms with Gasteiger partial charge < -0.3 is 21.9 Å². The predicted octanol–water partition coefficient (Wildman–Crippen LogP) is 0.643. The van der Waals surface area contributed by atoms with Crippen LogP contribution in [0.2, 0.25) is 0 Å². The highest BCUT2D eigenvalue weighted by Gasteiger charge is 2.24. The molecular formula is C11H15N3O3. The number of carboxylic acids is 1. The molecule has 0 bridgehead atoms. The number of amides is 1. The van der Waals surface area contributed by atoms with Gasteiger partial charge in [-0.1, -0.05) is 0 Å². The Morgan fingerprint density at radius 2 is 1.94 bits per heavy atom. The zero-order chi connectivity index (χ0) is 13.2. The van der Waals surface area contributed by atoms with E-state index in [-0.39, 0.29) is 11.3 Å². The summed E-state index contributed by atoms with van der Waals surface area (Å²) in [6.07, 6.45) is 0. The Bertz CT molecular complexity index is 469. The molecule has 0 spiro atoms. The number of anilines is 2. The highest BCUT2D eigenvalue weighted by Crippen LogP contribution is 2.21. The van der Waals surface area contributed by atoms with E-state index in [9.17, 15) is 9.59 Å². The molecule has 6 heteroatoms. The molecule has 17 heavy (non-hydrogen) atoms. The molecular weight excluding hydrogens is 222 g/mol. The van der Waals surface area contributed by atoms with Gasteiger partial charge in [-0.05, 0) is 32.0 Å². The zero-order valence-corrected chi connectivity index (χ0v) is 9.65. The fraction of sp³-hybridized carbons (Fsp3) is 0.273. The van der Waals surface area contributed by atoms with E-state index in [0.29, 0.717) is 5.69 Å². The van der Waals surface area contributed by atoms with Crippen molar-refractivity contribution in [2.75, 3.05) is 11.1 Å². The molecule has 0 aromatic heterocycles. The Balaban J connectivity index is 2.99. The van der Waals surface area contributed by atoms with Crippen molar-refractivity contribution in [3.8, 4) is 0 Å². The number of hydrogen-bond donors (Lipinski definition) is 4. The Labute approximate surface area is 98.6 Å². The number of primary amides is 1. The standard InChI is InChI=1S/C11H15N3O3/c1-11(2,10(13)17)14-6-3-4-7(9(15)16)8(12)5-6/h3-5,14H,12H2,1-2H3,(H2,13,17)(H,15,16). The van der Waals surface area contributed by atoms with Crippen LogP contribution in [0.4, 0.5) is 11.4 Å². The molecule has 0 atom stereocenters. The van der Waals surface area contributed by atoms with Gasteiger partial charge in [0.15, 0.2) is 0 Å². The van der Waals surface area contributed by atoms with E-state index < -0.39 is 17.4 Å². The lowest BCUT2D eigenvalue weighted by atomic mass is 10.0. The summed E-state index contributed by atoms with van der Waals surface area (Å²) in [6, 6.07) is 4.36. The van der Waals surface area contributed by atoms with Gasteiger partial charge in [-0.25, -0.2) is 4.79 Å². The number of hydrogen-bond acceptors (Lipinski definition) is 4. The van der Waals surface area contributed by atoms with Crippen LogP contribution in [0.25, 0.3) is 0 Å². The fourth-order valence-corrected chi connectivity index (χ4v) is 1.26. The number of carbonyl (C=O) groups is 2. The van der Waals surface area contributed by atoms with Crippen molar-refractivity contribution in [2.24, 2.45) is 5.73 Å². The molecule has 92 valence electrons. The third kappa shape index (κ3) is 2.87. The van der Waals surface area contributed by atoms with Crippen LogP contribution in [0.1, 0.15) is 24.2 Å². The second-order valence-electron chi connectivity index (χ2n) is 4.22. The van der Waals surface area contributed by atoms with Crippen LogP contribution in [0, 0.1) is 0 Å². The molecule has 1 amide bonds. The average Bonchev–Trinajstić information content (AvgIpc) is 2.15. The number of benzene rings is 1. The van der Waals surface area contributed by atoms with E-state index in [1.807, 2.05) is 0 Å². The van der Waals surface area contributed by atoms with Crippen LogP contribution in [-0.4, -0.2) is 22.5 Å². The Morgan fingerprint density at radius 3 is 2.35 bits per heavy atom. The summed E-state index contributed by atoms with van der Waals surface area (Å²) < 4.78 is 0. The summed E-state index contributed by atoms with van der Waals surface area (Å²) >= 11 is 0. The summed E-state index contributed by atoms with van der Waals surface area (Å²) in [5, 5.41) is 11.7. The van der Waals surface area contributed by atoms with Crippen molar-refractivity contribution in [1.29, 1.82) is 0 Å². The number of nitrogen functional groups attached to an aromatic ring is 1. The number of nitrogens with two attached hydrogens (primary N) is 2. The maximum atomic E-state index is 11.1. The van der Waals surface area contributed by atoms with Crippen molar-refractivity contribution < 1.29 is 14.7 Å². The van der Waals surface area contributed by atoms with Crippen molar-refractivity contribution in [3.63, 3.8) is 0 Å². The van der Waals surface area contributed by atoms with E-state index >= 15 is 0 Å². The first-order valence-electron chi connectivity index (χ1n) is 4.95. The second-order valence-corrected chi connectivity index (χ2v) is 4.22. The predicted molar refractivity (Wildman–Crippen MR) is 64.7 cm³/mol. The third-order valence-electron chi connectivity index (χ3n) is 2.35.